The van der Waals surface area contributed by atoms with Gasteiger partial charge in [0.05, 0.1) is 13.0 Å². The number of carbonyl (C=O) groups is 2. The standard InChI is InChI=1S/C27H41NO6Si2/c1-18(2)35(19(3)4)32-25-23(29)14-15-27(26(25)33-36(34-35,20(5)6)21(7)8)16-24(30)31-28(27)17-22-12-10-9-11-13-22/h9-15,18-21,25-26H,16-17H2,1-8H3/t25-,26-,27+/m1/s1. The summed E-state index contributed by atoms with van der Waals surface area (Å²) < 4.78 is 21.4. The second-order valence-corrected chi connectivity index (χ2v) is 20.4. The number of hydroxylamine groups is 2. The Labute approximate surface area is 217 Å². The van der Waals surface area contributed by atoms with Crippen LogP contribution in [0, 0.1) is 0 Å². The molecule has 3 aliphatic rings. The van der Waals surface area contributed by atoms with Gasteiger partial charge in [0, 0.05) is 0 Å². The maximum absolute atomic E-state index is 13.5. The first-order chi connectivity index (χ1) is 16.9. The number of ketones is 1. The smallest absolute Gasteiger partial charge is 0.335 e. The van der Waals surface area contributed by atoms with Crippen LogP contribution in [0.15, 0.2) is 42.5 Å². The molecule has 0 aromatic heterocycles. The van der Waals surface area contributed by atoms with Crippen molar-refractivity contribution in [1.82, 2.24) is 5.06 Å². The summed E-state index contributed by atoms with van der Waals surface area (Å²) in [5.41, 5.74) is 0.491. The van der Waals surface area contributed by atoms with Gasteiger partial charge >= 0.3 is 23.1 Å². The zero-order valence-corrected chi connectivity index (χ0v) is 24.8. The molecule has 0 saturated carbocycles. The molecule has 0 radical (unpaired) electrons. The quantitative estimate of drug-likeness (QED) is 0.445. The number of nitrogens with zero attached hydrogens (tertiary/aromatic N) is 1. The van der Waals surface area contributed by atoms with E-state index in [0.717, 1.165) is 5.56 Å². The van der Waals surface area contributed by atoms with E-state index in [1.165, 1.54) is 0 Å². The van der Waals surface area contributed by atoms with E-state index in [0.29, 0.717) is 6.54 Å². The van der Waals surface area contributed by atoms with Crippen molar-refractivity contribution in [2.45, 2.75) is 108 Å². The van der Waals surface area contributed by atoms with Crippen LogP contribution in [-0.2, 0) is 33.9 Å². The summed E-state index contributed by atoms with van der Waals surface area (Å²) in [6.45, 7) is 17.5. The average Bonchev–Trinajstić information content (AvgIpc) is 3.00. The third kappa shape index (κ3) is 4.37. The molecule has 1 aromatic rings. The topological polar surface area (TPSA) is 74.3 Å². The molecule has 9 heteroatoms. The van der Waals surface area contributed by atoms with E-state index < -0.39 is 34.9 Å². The molecule has 7 nitrogen and oxygen atoms in total. The minimum Gasteiger partial charge on any atom is -0.414 e. The van der Waals surface area contributed by atoms with Gasteiger partial charge in [-0.05, 0) is 33.8 Å². The molecule has 198 valence electrons. The predicted octanol–water partition coefficient (Wildman–Crippen LogP) is 5.55. The SMILES string of the molecule is CC(C)[Si]1(C(C)C)O[C@@H]2C(=O)C=C[C@]3(CC(=O)ON3Cc3ccccc3)[C@@H]2O[Si](C(C)C)(C(C)C)O1. The Hall–Kier alpha value is -1.63. The van der Waals surface area contributed by atoms with Crippen LogP contribution in [0.5, 0.6) is 0 Å². The van der Waals surface area contributed by atoms with Gasteiger partial charge in [0.25, 0.3) is 0 Å². The molecule has 36 heavy (non-hydrogen) atoms. The van der Waals surface area contributed by atoms with Crippen LogP contribution in [0.1, 0.15) is 67.4 Å². The van der Waals surface area contributed by atoms with Gasteiger partial charge in [-0.2, -0.15) is 0 Å². The Morgan fingerprint density at radius 1 is 0.889 bits per heavy atom. The van der Waals surface area contributed by atoms with Crippen LogP contribution in [-0.4, -0.2) is 51.7 Å². The highest BCUT2D eigenvalue weighted by Crippen LogP contribution is 2.52. The van der Waals surface area contributed by atoms with Crippen LogP contribution in [0.3, 0.4) is 0 Å². The predicted molar refractivity (Wildman–Crippen MR) is 142 cm³/mol. The third-order valence-electron chi connectivity index (χ3n) is 8.02. The summed E-state index contributed by atoms with van der Waals surface area (Å²) in [7, 11) is -5.91. The van der Waals surface area contributed by atoms with Crippen molar-refractivity contribution >= 4 is 28.9 Å². The van der Waals surface area contributed by atoms with Crippen molar-refractivity contribution in [2.75, 3.05) is 0 Å². The molecule has 1 aliphatic carbocycles. The number of carbonyl (C=O) groups excluding carboxylic acids is 2. The molecule has 2 aliphatic heterocycles. The van der Waals surface area contributed by atoms with Crippen molar-refractivity contribution in [1.29, 1.82) is 0 Å². The lowest BCUT2D eigenvalue weighted by atomic mass is 9.80. The molecule has 0 bridgehead atoms. The average molecular weight is 532 g/mol. The van der Waals surface area contributed by atoms with Crippen LogP contribution >= 0.6 is 0 Å². The van der Waals surface area contributed by atoms with E-state index in [1.54, 1.807) is 11.1 Å². The van der Waals surface area contributed by atoms with E-state index in [-0.39, 0.29) is 40.3 Å². The van der Waals surface area contributed by atoms with Gasteiger partial charge in [-0.1, -0.05) is 91.8 Å². The van der Waals surface area contributed by atoms with Gasteiger partial charge in [0.1, 0.15) is 17.7 Å². The van der Waals surface area contributed by atoms with Gasteiger partial charge in [-0.15, -0.1) is 5.06 Å². The Balaban J connectivity index is 1.89. The first-order valence-corrected chi connectivity index (χ1v) is 17.1. The minimum atomic E-state index is -2.97. The largest absolute Gasteiger partial charge is 0.414 e. The molecule has 1 spiro atoms. The summed E-state index contributed by atoms with van der Waals surface area (Å²) in [6, 6.07) is 9.88. The Kier molecular flexibility index (Phi) is 7.55. The fraction of sp³-hybridized carbons (Fsp3) is 0.630. The highest BCUT2D eigenvalue weighted by Gasteiger charge is 2.67. The number of rotatable bonds is 6. The van der Waals surface area contributed by atoms with Crippen LogP contribution < -0.4 is 0 Å². The summed E-state index contributed by atoms with van der Waals surface area (Å²) in [6.07, 6.45) is 1.89. The molecule has 0 amide bonds. The van der Waals surface area contributed by atoms with Crippen molar-refractivity contribution in [3.63, 3.8) is 0 Å². The summed E-state index contributed by atoms with van der Waals surface area (Å²) in [5.74, 6) is -0.473. The zero-order valence-electron chi connectivity index (χ0n) is 22.8. The van der Waals surface area contributed by atoms with E-state index >= 15 is 0 Å². The molecule has 2 heterocycles. The van der Waals surface area contributed by atoms with Crippen molar-refractivity contribution < 1.29 is 27.4 Å². The molecule has 2 fully saturated rings. The monoisotopic (exact) mass is 531 g/mol. The lowest BCUT2D eigenvalue weighted by Crippen LogP contribution is -2.64. The number of fused-ring (bicyclic) bond motifs is 2. The number of hydrogen-bond donors (Lipinski definition) is 0. The first-order valence-electron chi connectivity index (χ1n) is 13.2. The van der Waals surface area contributed by atoms with Gasteiger partial charge in [-0.25, -0.2) is 0 Å². The normalized spacial score (nSPS) is 29.9. The third-order valence-corrected chi connectivity index (χ3v) is 18.3. The van der Waals surface area contributed by atoms with Crippen LogP contribution in [0.2, 0.25) is 22.2 Å². The molecule has 1 aromatic carbocycles. The fourth-order valence-electron chi connectivity index (χ4n) is 6.03. The van der Waals surface area contributed by atoms with Gasteiger partial charge in [0.15, 0.2) is 5.78 Å². The minimum absolute atomic E-state index is 0.0900. The maximum Gasteiger partial charge on any atom is 0.335 e. The van der Waals surface area contributed by atoms with Gasteiger partial charge in [-0.3, -0.25) is 9.59 Å². The molecule has 0 N–H and O–H groups in total. The van der Waals surface area contributed by atoms with Gasteiger partial charge in [0.2, 0.25) is 0 Å². The first kappa shape index (κ1) is 27.4. The fourth-order valence-corrected chi connectivity index (χ4v) is 17.3. The van der Waals surface area contributed by atoms with E-state index in [4.69, 9.17) is 17.8 Å². The lowest BCUT2D eigenvalue weighted by molar-refractivity contribution is -0.200. The molecule has 4 rings (SSSR count). The van der Waals surface area contributed by atoms with E-state index in [9.17, 15) is 9.59 Å². The Morgan fingerprint density at radius 3 is 2.00 bits per heavy atom. The van der Waals surface area contributed by atoms with Crippen molar-refractivity contribution in [3.05, 3.63) is 48.0 Å². The zero-order chi connectivity index (χ0) is 26.5. The van der Waals surface area contributed by atoms with E-state index in [2.05, 4.69) is 55.4 Å². The second kappa shape index (κ2) is 9.92. The molecule has 2 saturated heterocycles. The van der Waals surface area contributed by atoms with E-state index in [1.807, 2.05) is 36.4 Å². The number of benzene rings is 1. The highest BCUT2D eigenvalue weighted by atomic mass is 28.5. The summed E-state index contributed by atoms with van der Waals surface area (Å²) >= 11 is 0. The maximum atomic E-state index is 13.5. The van der Waals surface area contributed by atoms with Crippen molar-refractivity contribution in [2.24, 2.45) is 0 Å². The lowest BCUT2D eigenvalue weighted by Gasteiger charge is -2.47. The summed E-state index contributed by atoms with van der Waals surface area (Å²) in [4.78, 5) is 32.1. The Bertz CT molecular complexity index is 995. The second-order valence-electron chi connectivity index (χ2n) is 11.6. The highest BCUT2D eigenvalue weighted by molar-refractivity contribution is 6.84. The van der Waals surface area contributed by atoms with Crippen LogP contribution in [0.4, 0.5) is 0 Å². The molecular weight excluding hydrogens is 490 g/mol. The number of hydrogen-bond acceptors (Lipinski definition) is 7. The van der Waals surface area contributed by atoms with Crippen LogP contribution in [0.25, 0.3) is 0 Å². The molecular formula is C27H41NO6Si2. The summed E-state index contributed by atoms with van der Waals surface area (Å²) in [5, 5.41) is 1.70. The van der Waals surface area contributed by atoms with Crippen molar-refractivity contribution in [3.8, 4) is 0 Å². The van der Waals surface area contributed by atoms with Gasteiger partial charge < -0.3 is 17.8 Å². The molecule has 3 atom stereocenters. The Morgan fingerprint density at radius 2 is 1.44 bits per heavy atom. The molecule has 0 unspecified atom stereocenters.